The summed E-state index contributed by atoms with van der Waals surface area (Å²) >= 11 is 0. The van der Waals surface area contributed by atoms with E-state index in [1.54, 1.807) is 0 Å². The molecule has 0 unspecified atom stereocenters. The fraction of sp³-hybridized carbons (Fsp3) is 0.562. The molecule has 0 saturated heterocycles. The van der Waals surface area contributed by atoms with Gasteiger partial charge in [0.2, 0.25) is 5.91 Å². The monoisotopic (exact) mass is 247 g/mol. The van der Waals surface area contributed by atoms with E-state index in [0.29, 0.717) is 6.42 Å². The summed E-state index contributed by atoms with van der Waals surface area (Å²) in [4.78, 5) is 14.0. The maximum atomic E-state index is 12.1. The van der Waals surface area contributed by atoms with Crippen molar-refractivity contribution in [3.63, 3.8) is 0 Å². The first kappa shape index (κ1) is 14.7. The number of carbonyl (C=O) groups is 1. The van der Waals surface area contributed by atoms with Crippen molar-refractivity contribution in [3.05, 3.63) is 27.8 Å². The number of amides is 1. The molecule has 1 aromatic carbocycles. The van der Waals surface area contributed by atoms with Gasteiger partial charge in [0.15, 0.2) is 0 Å². The van der Waals surface area contributed by atoms with E-state index in [9.17, 15) is 4.79 Å². The standard InChI is InChI=1S/C16H25NO/c1-8-15(18)17(9-2)16-13(6)11(4)10(3)12(5)14(16)7/h8-9H2,1-7H3. The summed E-state index contributed by atoms with van der Waals surface area (Å²) in [5.74, 6) is 0.200. The fourth-order valence-electron chi connectivity index (χ4n) is 2.54. The Kier molecular flexibility index (Phi) is 4.55. The van der Waals surface area contributed by atoms with Gasteiger partial charge in [0.1, 0.15) is 0 Å². The van der Waals surface area contributed by atoms with Crippen LogP contribution < -0.4 is 4.90 Å². The summed E-state index contributed by atoms with van der Waals surface area (Å²) in [7, 11) is 0. The van der Waals surface area contributed by atoms with Gasteiger partial charge in [0, 0.05) is 18.7 Å². The smallest absolute Gasteiger partial charge is 0.226 e. The maximum Gasteiger partial charge on any atom is 0.226 e. The Morgan fingerprint density at radius 1 is 0.833 bits per heavy atom. The average Bonchev–Trinajstić information content (AvgIpc) is 2.38. The van der Waals surface area contributed by atoms with E-state index in [4.69, 9.17) is 0 Å². The third-order valence-electron chi connectivity index (χ3n) is 4.15. The van der Waals surface area contributed by atoms with Crippen LogP contribution in [0.25, 0.3) is 0 Å². The molecule has 18 heavy (non-hydrogen) atoms. The second kappa shape index (κ2) is 5.55. The van der Waals surface area contributed by atoms with E-state index in [2.05, 4.69) is 34.6 Å². The molecular formula is C16H25NO. The van der Waals surface area contributed by atoms with Gasteiger partial charge in [-0.3, -0.25) is 4.79 Å². The van der Waals surface area contributed by atoms with Crippen LogP contribution in [0.1, 0.15) is 48.1 Å². The number of nitrogens with zero attached hydrogens (tertiary/aromatic N) is 1. The van der Waals surface area contributed by atoms with E-state index < -0.39 is 0 Å². The Balaban J connectivity index is 3.53. The number of carbonyl (C=O) groups excluding carboxylic acids is 1. The first-order valence-electron chi connectivity index (χ1n) is 6.74. The summed E-state index contributed by atoms with van der Waals surface area (Å²) < 4.78 is 0. The lowest BCUT2D eigenvalue weighted by Crippen LogP contribution is -2.31. The number of benzene rings is 1. The van der Waals surface area contributed by atoms with Crippen molar-refractivity contribution in [1.82, 2.24) is 0 Å². The Hall–Kier alpha value is -1.31. The maximum absolute atomic E-state index is 12.1. The first-order chi connectivity index (χ1) is 8.36. The van der Waals surface area contributed by atoms with Crippen LogP contribution in [-0.2, 0) is 4.79 Å². The highest BCUT2D eigenvalue weighted by Crippen LogP contribution is 2.33. The second-order valence-electron chi connectivity index (χ2n) is 4.97. The van der Waals surface area contributed by atoms with Gasteiger partial charge in [-0.2, -0.15) is 0 Å². The van der Waals surface area contributed by atoms with Crippen LogP contribution in [0.2, 0.25) is 0 Å². The SMILES string of the molecule is CCC(=O)N(CC)c1c(C)c(C)c(C)c(C)c1C. The minimum atomic E-state index is 0.200. The molecule has 0 bridgehead atoms. The zero-order chi connectivity index (χ0) is 14.0. The minimum absolute atomic E-state index is 0.200. The van der Waals surface area contributed by atoms with Gasteiger partial charge in [0.25, 0.3) is 0 Å². The Labute approximate surface area is 111 Å². The third kappa shape index (κ3) is 2.29. The summed E-state index contributed by atoms with van der Waals surface area (Å²) in [6.07, 6.45) is 0.554. The zero-order valence-corrected chi connectivity index (χ0v) is 12.8. The molecule has 0 fully saturated rings. The summed E-state index contributed by atoms with van der Waals surface area (Å²) in [6.45, 7) is 15.4. The molecule has 0 N–H and O–H groups in total. The number of hydrogen-bond donors (Lipinski definition) is 0. The number of anilines is 1. The molecule has 1 amide bonds. The van der Waals surface area contributed by atoms with Crippen LogP contribution >= 0.6 is 0 Å². The van der Waals surface area contributed by atoms with Gasteiger partial charge < -0.3 is 4.90 Å². The number of hydrogen-bond acceptors (Lipinski definition) is 1. The normalized spacial score (nSPS) is 10.6. The lowest BCUT2D eigenvalue weighted by atomic mass is 9.92. The van der Waals surface area contributed by atoms with Crippen LogP contribution in [0, 0.1) is 34.6 Å². The molecule has 0 saturated carbocycles. The topological polar surface area (TPSA) is 20.3 Å². The van der Waals surface area contributed by atoms with E-state index >= 15 is 0 Å². The van der Waals surface area contributed by atoms with Crippen LogP contribution in [0.15, 0.2) is 0 Å². The van der Waals surface area contributed by atoms with Gasteiger partial charge in [0.05, 0.1) is 0 Å². The van der Waals surface area contributed by atoms with Crippen molar-refractivity contribution in [3.8, 4) is 0 Å². The Morgan fingerprint density at radius 3 is 1.56 bits per heavy atom. The van der Waals surface area contributed by atoms with Gasteiger partial charge in [-0.25, -0.2) is 0 Å². The van der Waals surface area contributed by atoms with Crippen LogP contribution in [0.5, 0.6) is 0 Å². The van der Waals surface area contributed by atoms with Crippen molar-refractivity contribution in [2.75, 3.05) is 11.4 Å². The molecule has 0 aliphatic carbocycles. The van der Waals surface area contributed by atoms with Crippen molar-refractivity contribution < 1.29 is 4.79 Å². The molecule has 0 heterocycles. The molecule has 0 spiro atoms. The van der Waals surface area contributed by atoms with Crippen LogP contribution in [0.3, 0.4) is 0 Å². The van der Waals surface area contributed by atoms with Gasteiger partial charge in [-0.1, -0.05) is 6.92 Å². The average molecular weight is 247 g/mol. The molecule has 1 rings (SSSR count). The van der Waals surface area contributed by atoms with E-state index in [1.165, 1.54) is 27.8 Å². The predicted molar refractivity (Wildman–Crippen MR) is 78.4 cm³/mol. The zero-order valence-electron chi connectivity index (χ0n) is 12.8. The predicted octanol–water partition coefficient (Wildman–Crippen LogP) is 3.99. The van der Waals surface area contributed by atoms with Crippen molar-refractivity contribution >= 4 is 11.6 Å². The molecule has 2 heteroatoms. The molecule has 2 nitrogen and oxygen atoms in total. The van der Waals surface area contributed by atoms with Crippen LogP contribution in [0.4, 0.5) is 5.69 Å². The molecule has 0 atom stereocenters. The highest BCUT2D eigenvalue weighted by molar-refractivity contribution is 5.95. The molecule has 0 radical (unpaired) electrons. The van der Waals surface area contributed by atoms with Gasteiger partial charge in [-0.15, -0.1) is 0 Å². The van der Waals surface area contributed by atoms with Crippen molar-refractivity contribution in [2.24, 2.45) is 0 Å². The van der Waals surface area contributed by atoms with Crippen LogP contribution in [-0.4, -0.2) is 12.5 Å². The van der Waals surface area contributed by atoms with Crippen molar-refractivity contribution in [2.45, 2.75) is 54.9 Å². The second-order valence-corrected chi connectivity index (χ2v) is 4.97. The summed E-state index contributed by atoms with van der Waals surface area (Å²) in [5, 5.41) is 0. The highest BCUT2D eigenvalue weighted by Gasteiger charge is 2.20. The Bertz CT molecular complexity index is 445. The number of rotatable bonds is 3. The lowest BCUT2D eigenvalue weighted by Gasteiger charge is -2.28. The quantitative estimate of drug-likeness (QED) is 0.791. The Morgan fingerprint density at radius 2 is 1.22 bits per heavy atom. The largest absolute Gasteiger partial charge is 0.312 e. The lowest BCUT2D eigenvalue weighted by molar-refractivity contribution is -0.118. The fourth-order valence-corrected chi connectivity index (χ4v) is 2.54. The summed E-state index contributed by atoms with van der Waals surface area (Å²) in [5.41, 5.74) is 7.53. The highest BCUT2D eigenvalue weighted by atomic mass is 16.2. The van der Waals surface area contributed by atoms with Gasteiger partial charge in [-0.05, 0) is 69.4 Å². The molecule has 0 aromatic heterocycles. The first-order valence-corrected chi connectivity index (χ1v) is 6.74. The van der Waals surface area contributed by atoms with Gasteiger partial charge >= 0.3 is 0 Å². The van der Waals surface area contributed by atoms with E-state index in [1.807, 2.05) is 18.7 Å². The molecule has 1 aromatic rings. The molecular weight excluding hydrogens is 222 g/mol. The molecule has 0 aliphatic rings. The van der Waals surface area contributed by atoms with Crippen molar-refractivity contribution in [1.29, 1.82) is 0 Å². The molecule has 0 aliphatic heterocycles. The minimum Gasteiger partial charge on any atom is -0.312 e. The third-order valence-corrected chi connectivity index (χ3v) is 4.15. The van der Waals surface area contributed by atoms with E-state index in [0.717, 1.165) is 12.2 Å². The summed E-state index contributed by atoms with van der Waals surface area (Å²) in [6, 6.07) is 0. The van der Waals surface area contributed by atoms with E-state index in [-0.39, 0.29) is 5.91 Å². The molecule has 100 valence electrons.